The molecule has 0 aromatic rings. The predicted molar refractivity (Wildman–Crippen MR) is 458 cm³/mol. The number of amides is 4. The van der Waals surface area contributed by atoms with Crippen LogP contribution in [0, 0.1) is 0 Å². The van der Waals surface area contributed by atoms with Gasteiger partial charge >= 0.3 is 11.9 Å². The van der Waals surface area contributed by atoms with Crippen molar-refractivity contribution in [1.82, 2.24) is 21.3 Å². The Labute approximate surface area is 765 Å². The number of aliphatic hydroxyl groups excluding tert-OH is 19. The lowest BCUT2D eigenvalue weighted by Gasteiger charge is -2.52. The van der Waals surface area contributed by atoms with Crippen LogP contribution < -0.4 is 21.3 Å². The lowest BCUT2D eigenvalue weighted by Crippen LogP contribution is -2.72. The molecule has 762 valence electrons. The van der Waals surface area contributed by atoms with Gasteiger partial charge in [0.15, 0.2) is 25.2 Å². The Morgan fingerprint density at radius 2 is 0.794 bits per heavy atom. The van der Waals surface area contributed by atoms with Crippen molar-refractivity contribution in [3.05, 3.63) is 12.2 Å². The first-order valence-corrected chi connectivity index (χ1v) is 47.2. The van der Waals surface area contributed by atoms with Crippen molar-refractivity contribution in [1.29, 1.82) is 0 Å². The van der Waals surface area contributed by atoms with Gasteiger partial charge in [0.25, 0.3) is 11.6 Å². The number of hydrogen-bond donors (Lipinski definition) is 25. The monoisotopic (exact) mass is 1890 g/mol. The van der Waals surface area contributed by atoms with Crippen LogP contribution in [0.25, 0.3) is 0 Å². The van der Waals surface area contributed by atoms with Crippen molar-refractivity contribution < 1.29 is 193 Å². The van der Waals surface area contributed by atoms with E-state index in [4.69, 9.17) is 56.8 Å². The number of nitrogens with one attached hydrogen (secondary N) is 4. The Morgan fingerprint density at radius 3 is 1.23 bits per heavy atom. The molecule has 0 aromatic heterocycles. The minimum absolute atomic E-state index is 0.147. The third-order valence-electron chi connectivity index (χ3n) is 25.1. The third-order valence-corrected chi connectivity index (χ3v) is 25.1. The van der Waals surface area contributed by atoms with Crippen molar-refractivity contribution in [2.24, 2.45) is 0 Å². The van der Waals surface area contributed by atoms with Crippen molar-refractivity contribution in [3.63, 3.8) is 0 Å². The van der Waals surface area contributed by atoms with E-state index in [2.05, 4.69) is 35.1 Å². The molecule has 0 bridgehead atoms. The number of aliphatic hydroxyl groups is 19. The van der Waals surface area contributed by atoms with E-state index in [9.17, 15) is 136 Å². The van der Waals surface area contributed by atoms with Gasteiger partial charge in [0, 0.05) is 40.0 Å². The molecular formula is C88H156N4O39. The number of aliphatic carboxylic acids is 2. The van der Waals surface area contributed by atoms with E-state index < -0.39 is 296 Å². The maximum absolute atomic E-state index is 13.7. The highest BCUT2D eigenvalue weighted by Gasteiger charge is 2.64. The van der Waals surface area contributed by atoms with Gasteiger partial charge in [-0.05, 0) is 19.3 Å². The van der Waals surface area contributed by atoms with Crippen molar-refractivity contribution in [2.75, 3.05) is 46.2 Å². The Balaban J connectivity index is 1.13. The molecule has 0 spiro atoms. The molecule has 6 aliphatic rings. The largest absolute Gasteiger partial charge is 0.477 e. The second-order valence-corrected chi connectivity index (χ2v) is 35.7. The lowest BCUT2D eigenvalue weighted by atomic mass is 9.87. The molecule has 34 atom stereocenters. The van der Waals surface area contributed by atoms with Crippen LogP contribution in [-0.4, -0.2) is 396 Å². The average Bonchev–Trinajstić information content (AvgIpc) is 0.738. The highest BCUT2D eigenvalue weighted by molar-refractivity contribution is 5.78. The first-order valence-electron chi connectivity index (χ1n) is 47.2. The zero-order valence-corrected chi connectivity index (χ0v) is 76.4. The van der Waals surface area contributed by atoms with Crippen molar-refractivity contribution >= 4 is 35.6 Å². The first-order chi connectivity index (χ1) is 62.6. The fourth-order valence-electron chi connectivity index (χ4n) is 17.6. The minimum atomic E-state index is -3.51. The molecule has 25 N–H and O–H groups in total. The molecule has 6 rings (SSSR count). The lowest BCUT2D eigenvalue weighted by molar-refractivity contribution is -0.391. The number of carboxylic acids is 2. The maximum atomic E-state index is 13.7. The van der Waals surface area contributed by atoms with E-state index in [0.717, 1.165) is 78.6 Å². The second-order valence-electron chi connectivity index (χ2n) is 35.7. The SMILES string of the molecule is CCCCCCCCCCCCC/C=C/[C@@H](O)[C@H](CO[C@@H]1OC(CO)[C@@H](O[C@@H]2OC(CO)[C@H](O)[C@H](O[C@@H]3OC(CO)[C@@H](O[C@@H]4OC(CO)[C@H](O)[C@H](O[C@]5(C(=O)O)CC(O)[C@@H](NC(C)=O)C([C@H](O)[C@@H](CO)O[C@]6(C(=O)O)CC(O)[C@@H](NC(C)=O)C([C@H](O)[C@H](O)CO)O6)O5)C4O)[C@H](O)C3NC(C)=O)C2O)[C@H](O)C1O)NC(=O)CCCCCCCCCCCCCCCCCCCCC. The highest BCUT2D eigenvalue weighted by atomic mass is 16.8. The van der Waals surface area contributed by atoms with E-state index in [0.29, 0.717) is 12.8 Å². The van der Waals surface area contributed by atoms with E-state index in [1.165, 1.54) is 128 Å². The number of carbonyl (C=O) groups is 6. The molecule has 6 aliphatic heterocycles. The van der Waals surface area contributed by atoms with E-state index >= 15 is 0 Å². The molecular weight excluding hydrogens is 1740 g/mol. The van der Waals surface area contributed by atoms with Crippen LogP contribution in [-0.2, 0) is 85.6 Å². The van der Waals surface area contributed by atoms with Crippen LogP contribution in [0.4, 0.5) is 0 Å². The van der Waals surface area contributed by atoms with Gasteiger partial charge in [-0.25, -0.2) is 9.59 Å². The van der Waals surface area contributed by atoms with Gasteiger partial charge < -0.3 is 185 Å². The molecule has 0 aromatic carbocycles. The van der Waals surface area contributed by atoms with Gasteiger partial charge in [0.1, 0.15) is 134 Å². The molecule has 6 fully saturated rings. The highest BCUT2D eigenvalue weighted by Crippen LogP contribution is 2.42. The van der Waals surface area contributed by atoms with Gasteiger partial charge in [-0.1, -0.05) is 206 Å². The van der Waals surface area contributed by atoms with E-state index in [1.54, 1.807) is 6.08 Å². The van der Waals surface area contributed by atoms with Gasteiger partial charge in [0.05, 0.1) is 82.7 Å². The number of carbonyl (C=O) groups excluding carboxylic acids is 4. The molecule has 12 unspecified atom stereocenters. The second kappa shape index (κ2) is 59.6. The first kappa shape index (κ1) is 115. The topological polar surface area (TPSA) is 686 Å². The fourth-order valence-corrected chi connectivity index (χ4v) is 17.6. The van der Waals surface area contributed by atoms with Crippen molar-refractivity contribution in [2.45, 2.75) is 460 Å². The van der Waals surface area contributed by atoms with Gasteiger partial charge in [-0.2, -0.15) is 0 Å². The van der Waals surface area contributed by atoms with Crippen LogP contribution in [0.1, 0.15) is 253 Å². The summed E-state index contributed by atoms with van der Waals surface area (Å²) in [6.45, 7) is -0.494. The molecule has 0 radical (unpaired) electrons. The Morgan fingerprint density at radius 1 is 0.412 bits per heavy atom. The molecule has 131 heavy (non-hydrogen) atoms. The van der Waals surface area contributed by atoms with E-state index in [-0.39, 0.29) is 12.3 Å². The zero-order valence-electron chi connectivity index (χ0n) is 76.4. The summed E-state index contributed by atoms with van der Waals surface area (Å²) in [4.78, 5) is 78.6. The summed E-state index contributed by atoms with van der Waals surface area (Å²) in [6.07, 6.45) is -23.3. The Kier molecular flexibility index (Phi) is 52.3. The Hall–Kier alpha value is -4.68. The number of unbranched alkanes of at least 4 members (excludes halogenated alkanes) is 29. The standard InChI is InChI=1S/C88H156N4O39/c1-6-8-10-12-14-16-18-20-21-22-23-24-25-27-29-31-33-35-37-39-62(106)92-52(53(102)38-36-34-32-30-28-26-19-17-15-13-11-9-7-2)48-120-82-72(113)71(112)76(61(47-98)124-82)126-83-73(114)79(67(108)57(43-94)121-83)127-81-65(91-51(5)101)70(111)75(60(46-97)123-81)125-84-74(115)80(68(109)58(44-95)122-84)131-88(86(118)119)41-55(104)64(90-50(4)100)78(130-88)69(110)59(45-96)128-87(85(116)117)40-54(103)63(89-49(3)99)77(129-87)66(107)56(105)42-93/h36,38,52-61,63-84,93-98,102-105,107-115H,6-35,37,39-48H2,1-5H3,(H,89,99)(H,90,100)(H,91,101)(H,92,106)(H,116,117)(H,118,119)/b38-36+/t52-,53+,54?,55?,56+,57?,58?,59+,60?,61?,63+,64+,65?,66+,67-,68-,69+,70+,71+,72?,73?,74?,75+,76+,77?,78?,79-,80-,81-,82+,83-,84-,87+,88-/m0/s1. The Bertz CT molecular complexity index is 3280. The summed E-state index contributed by atoms with van der Waals surface area (Å²) in [5.41, 5.74) is 0. The zero-order chi connectivity index (χ0) is 96.7. The van der Waals surface area contributed by atoms with Gasteiger partial charge in [0.2, 0.25) is 23.6 Å². The average molecular weight is 1890 g/mol. The van der Waals surface area contributed by atoms with Gasteiger partial charge in [-0.15, -0.1) is 0 Å². The molecule has 0 saturated carbocycles. The third kappa shape index (κ3) is 34.7. The summed E-state index contributed by atoms with van der Waals surface area (Å²) in [7, 11) is 0. The van der Waals surface area contributed by atoms with Crippen LogP contribution in [0.2, 0.25) is 0 Å². The van der Waals surface area contributed by atoms with Crippen LogP contribution in [0.3, 0.4) is 0 Å². The molecule has 4 amide bonds. The molecule has 43 heteroatoms. The number of rotatable bonds is 63. The van der Waals surface area contributed by atoms with Crippen LogP contribution >= 0.6 is 0 Å². The van der Waals surface area contributed by atoms with Gasteiger partial charge in [-0.3, -0.25) is 19.2 Å². The number of ether oxygens (including phenoxy) is 12. The van der Waals surface area contributed by atoms with Crippen LogP contribution in [0.5, 0.6) is 0 Å². The number of carboxylic acid groups (broad SMARTS) is 2. The summed E-state index contributed by atoms with van der Waals surface area (Å²) in [5.74, 6) is -14.5. The van der Waals surface area contributed by atoms with E-state index in [1.807, 2.05) is 6.08 Å². The smallest absolute Gasteiger partial charge is 0.364 e. The summed E-state index contributed by atoms with van der Waals surface area (Å²) in [5, 5.41) is 247. The molecule has 6 saturated heterocycles. The predicted octanol–water partition coefficient (Wildman–Crippen LogP) is -2.31. The summed E-state index contributed by atoms with van der Waals surface area (Å²) >= 11 is 0. The summed E-state index contributed by atoms with van der Waals surface area (Å²) in [6, 6.07) is -6.84. The quantitative estimate of drug-likeness (QED) is 0.0225. The molecule has 43 nitrogen and oxygen atoms in total. The summed E-state index contributed by atoms with van der Waals surface area (Å²) < 4.78 is 70.7. The maximum Gasteiger partial charge on any atom is 0.364 e. The van der Waals surface area contributed by atoms with Crippen LogP contribution in [0.15, 0.2) is 12.2 Å². The van der Waals surface area contributed by atoms with Crippen molar-refractivity contribution in [3.8, 4) is 0 Å². The number of allylic oxidation sites excluding steroid dienone is 1. The minimum Gasteiger partial charge on any atom is -0.477 e. The number of hydrogen-bond acceptors (Lipinski definition) is 37. The normalized spacial score (nSPS) is 34.4. The fraction of sp³-hybridized carbons (Fsp3) is 0.909. The molecule has 6 heterocycles. The molecule has 0 aliphatic carbocycles.